The number of nitrogens with one attached hydrogen (secondary N) is 1. The van der Waals surface area contributed by atoms with Gasteiger partial charge in [0.15, 0.2) is 0 Å². The van der Waals surface area contributed by atoms with Gasteiger partial charge in [0.05, 0.1) is 0 Å². The number of benzene rings is 1. The Balaban J connectivity index is 1.95. The lowest BCUT2D eigenvalue weighted by Gasteiger charge is -2.10. The number of rotatable bonds is 6. The molecule has 0 unspecified atom stereocenters. The molecule has 0 aromatic heterocycles. The van der Waals surface area contributed by atoms with Crippen molar-refractivity contribution in [3.63, 3.8) is 0 Å². The van der Waals surface area contributed by atoms with Crippen LogP contribution >= 0.6 is 0 Å². The van der Waals surface area contributed by atoms with Crippen LogP contribution in [0.25, 0.3) is 0 Å². The van der Waals surface area contributed by atoms with Crippen molar-refractivity contribution in [3.8, 4) is 6.07 Å². The number of nitrogens with zero attached hydrogens (tertiary/aromatic N) is 1. The third kappa shape index (κ3) is 4.02. The highest BCUT2D eigenvalue weighted by Gasteiger charge is 2.21. The number of hydrogen-bond donors (Lipinski definition) is 1. The second-order valence-corrected chi connectivity index (χ2v) is 7.15. The highest BCUT2D eigenvalue weighted by molar-refractivity contribution is 7.89. The van der Waals surface area contributed by atoms with Crippen LogP contribution in [0.1, 0.15) is 44.1 Å². The molecule has 114 valence electrons. The highest BCUT2D eigenvalue weighted by atomic mass is 32.2. The zero-order valence-electron chi connectivity index (χ0n) is 11.8. The Kier molecular flexibility index (Phi) is 5.32. The number of nitriles is 1. The fourth-order valence-corrected chi connectivity index (χ4v) is 4.05. The summed E-state index contributed by atoms with van der Waals surface area (Å²) in [6.07, 6.45) is 6.78. The van der Waals surface area contributed by atoms with Crippen molar-refractivity contribution < 1.29 is 12.8 Å². The van der Waals surface area contributed by atoms with Crippen molar-refractivity contribution in [1.82, 2.24) is 4.72 Å². The predicted octanol–water partition coefficient (Wildman–Crippen LogP) is 2.95. The molecule has 1 fully saturated rings. The van der Waals surface area contributed by atoms with E-state index in [0.29, 0.717) is 12.5 Å². The lowest BCUT2D eigenvalue weighted by atomic mass is 10.0. The minimum atomic E-state index is -3.83. The van der Waals surface area contributed by atoms with E-state index in [4.69, 9.17) is 5.26 Å². The van der Waals surface area contributed by atoms with E-state index in [0.717, 1.165) is 18.9 Å². The fourth-order valence-electron chi connectivity index (χ4n) is 2.81. The van der Waals surface area contributed by atoms with Crippen LogP contribution in [0.4, 0.5) is 4.39 Å². The van der Waals surface area contributed by atoms with Crippen molar-refractivity contribution in [3.05, 3.63) is 29.6 Å². The lowest BCUT2D eigenvalue weighted by Crippen LogP contribution is -2.26. The van der Waals surface area contributed by atoms with Gasteiger partial charge in [-0.3, -0.25) is 0 Å². The zero-order chi connectivity index (χ0) is 15.3. The minimum absolute atomic E-state index is 0.286. The molecule has 0 spiro atoms. The molecule has 1 aliphatic rings. The van der Waals surface area contributed by atoms with Gasteiger partial charge >= 0.3 is 0 Å². The van der Waals surface area contributed by atoms with E-state index in [9.17, 15) is 12.8 Å². The van der Waals surface area contributed by atoms with Crippen LogP contribution in [0.15, 0.2) is 23.1 Å². The standard InChI is InChI=1S/C15H19FN2O2S/c16-14-8-3-9-15(13(14)11-17)21(19,20)18-10-4-7-12-5-1-2-6-12/h3,8-9,12,18H,1-2,4-7,10H2. The molecule has 1 aromatic carbocycles. The molecule has 1 aromatic rings. The average Bonchev–Trinajstić information content (AvgIpc) is 2.96. The largest absolute Gasteiger partial charge is 0.241 e. The van der Waals surface area contributed by atoms with Gasteiger partial charge in [0.1, 0.15) is 22.3 Å². The molecular formula is C15H19FN2O2S. The van der Waals surface area contributed by atoms with Gasteiger partial charge in [-0.1, -0.05) is 31.7 Å². The molecule has 2 rings (SSSR count). The Morgan fingerprint density at radius 3 is 2.71 bits per heavy atom. The highest BCUT2D eigenvalue weighted by Crippen LogP contribution is 2.28. The van der Waals surface area contributed by atoms with E-state index in [1.165, 1.54) is 37.8 Å². The SMILES string of the molecule is N#Cc1c(F)cccc1S(=O)(=O)NCCCC1CCCC1. The van der Waals surface area contributed by atoms with Gasteiger partial charge in [-0.05, 0) is 30.9 Å². The van der Waals surface area contributed by atoms with Gasteiger partial charge in [0.25, 0.3) is 0 Å². The summed E-state index contributed by atoms with van der Waals surface area (Å²) in [6, 6.07) is 5.24. The van der Waals surface area contributed by atoms with Gasteiger partial charge in [-0.15, -0.1) is 0 Å². The first-order valence-electron chi connectivity index (χ1n) is 7.23. The van der Waals surface area contributed by atoms with Gasteiger partial charge < -0.3 is 0 Å². The Morgan fingerprint density at radius 2 is 2.05 bits per heavy atom. The molecular weight excluding hydrogens is 291 g/mol. The molecule has 1 aliphatic carbocycles. The van der Waals surface area contributed by atoms with Gasteiger partial charge in [0.2, 0.25) is 10.0 Å². The van der Waals surface area contributed by atoms with E-state index >= 15 is 0 Å². The monoisotopic (exact) mass is 310 g/mol. The number of hydrogen-bond acceptors (Lipinski definition) is 3. The quantitative estimate of drug-likeness (QED) is 0.821. The maximum absolute atomic E-state index is 13.5. The van der Waals surface area contributed by atoms with Crippen molar-refractivity contribution in [1.29, 1.82) is 5.26 Å². The molecule has 0 aliphatic heterocycles. The van der Waals surface area contributed by atoms with Gasteiger partial charge in [-0.25, -0.2) is 17.5 Å². The average molecular weight is 310 g/mol. The summed E-state index contributed by atoms with van der Waals surface area (Å²) in [5.74, 6) is -0.107. The third-order valence-corrected chi connectivity index (χ3v) is 5.44. The number of halogens is 1. The normalized spacial score (nSPS) is 16.0. The summed E-state index contributed by atoms with van der Waals surface area (Å²) < 4.78 is 40.2. The first kappa shape index (κ1) is 15.9. The fraction of sp³-hybridized carbons (Fsp3) is 0.533. The Morgan fingerprint density at radius 1 is 1.33 bits per heavy atom. The van der Waals surface area contributed by atoms with Crippen LogP contribution in [-0.2, 0) is 10.0 Å². The zero-order valence-corrected chi connectivity index (χ0v) is 12.6. The molecule has 1 saturated carbocycles. The predicted molar refractivity (Wildman–Crippen MR) is 77.5 cm³/mol. The summed E-state index contributed by atoms with van der Waals surface area (Å²) in [7, 11) is -3.83. The summed E-state index contributed by atoms with van der Waals surface area (Å²) in [5.41, 5.74) is -0.430. The molecule has 0 bridgehead atoms. The van der Waals surface area contributed by atoms with Crippen molar-refractivity contribution in [2.75, 3.05) is 6.54 Å². The second kappa shape index (κ2) is 7.01. The summed E-state index contributed by atoms with van der Waals surface area (Å²) >= 11 is 0. The van der Waals surface area contributed by atoms with E-state index in [-0.39, 0.29) is 4.90 Å². The summed E-state index contributed by atoms with van der Waals surface area (Å²) in [4.78, 5) is -0.286. The van der Waals surface area contributed by atoms with Crippen molar-refractivity contribution in [2.24, 2.45) is 5.92 Å². The number of sulfonamides is 1. The van der Waals surface area contributed by atoms with E-state index < -0.39 is 21.4 Å². The van der Waals surface area contributed by atoms with E-state index in [2.05, 4.69) is 4.72 Å². The van der Waals surface area contributed by atoms with Crippen molar-refractivity contribution >= 4 is 10.0 Å². The van der Waals surface area contributed by atoms with Crippen LogP contribution in [0.2, 0.25) is 0 Å². The molecule has 0 atom stereocenters. The first-order valence-corrected chi connectivity index (χ1v) is 8.71. The van der Waals surface area contributed by atoms with E-state index in [1.54, 1.807) is 6.07 Å². The molecule has 0 heterocycles. The first-order chi connectivity index (χ1) is 10.0. The maximum Gasteiger partial charge on any atom is 0.241 e. The second-order valence-electron chi connectivity index (χ2n) is 5.42. The third-order valence-electron chi connectivity index (χ3n) is 3.93. The Labute approximate surface area is 125 Å². The van der Waals surface area contributed by atoms with Crippen LogP contribution in [0.5, 0.6) is 0 Å². The molecule has 4 nitrogen and oxygen atoms in total. The molecule has 0 amide bonds. The molecule has 21 heavy (non-hydrogen) atoms. The van der Waals surface area contributed by atoms with Crippen LogP contribution < -0.4 is 4.72 Å². The van der Waals surface area contributed by atoms with Crippen LogP contribution in [0.3, 0.4) is 0 Å². The Bertz CT molecular complexity index is 632. The summed E-state index contributed by atoms with van der Waals surface area (Å²) in [5, 5.41) is 8.90. The topological polar surface area (TPSA) is 70.0 Å². The van der Waals surface area contributed by atoms with Gasteiger partial charge in [0, 0.05) is 6.54 Å². The van der Waals surface area contributed by atoms with Crippen LogP contribution in [0, 0.1) is 23.1 Å². The maximum atomic E-state index is 13.5. The Hall–Kier alpha value is -1.45. The lowest BCUT2D eigenvalue weighted by molar-refractivity contribution is 0.480. The van der Waals surface area contributed by atoms with Crippen molar-refractivity contribution in [2.45, 2.75) is 43.4 Å². The molecule has 6 heteroatoms. The van der Waals surface area contributed by atoms with Crippen LogP contribution in [-0.4, -0.2) is 15.0 Å². The minimum Gasteiger partial charge on any atom is -0.211 e. The molecule has 0 radical (unpaired) electrons. The molecule has 0 saturated heterocycles. The molecule has 1 N–H and O–H groups in total. The van der Waals surface area contributed by atoms with E-state index in [1.807, 2.05) is 0 Å². The smallest absolute Gasteiger partial charge is 0.211 e. The summed E-state index contributed by atoms with van der Waals surface area (Å²) in [6.45, 7) is 0.320. The van der Waals surface area contributed by atoms with Gasteiger partial charge in [-0.2, -0.15) is 5.26 Å².